The van der Waals surface area contributed by atoms with Crippen LogP contribution in [0.15, 0.2) is 65.7 Å². The van der Waals surface area contributed by atoms with Crippen molar-refractivity contribution in [1.29, 1.82) is 0 Å². The molecule has 0 saturated carbocycles. The standard InChI is InChI=1S/C26H25NO5Se/c1-28-20-11-10-18(12-21(20)32-15-17-8-6-5-7-9-17)24-26(33-16-27-24)19-13-22(29-2)25(31-4)23(14-19)30-3/h5-14,16H,15H2,1-4H3. The molecule has 6 nitrogen and oxygen atoms in total. The third kappa shape index (κ3) is 4.85. The second-order valence-electron chi connectivity index (χ2n) is 7.08. The summed E-state index contributed by atoms with van der Waals surface area (Å²) in [6.07, 6.45) is 0. The van der Waals surface area contributed by atoms with E-state index in [2.05, 4.69) is 0 Å². The summed E-state index contributed by atoms with van der Waals surface area (Å²) >= 11 is 0.0604. The number of hydrogen-bond acceptors (Lipinski definition) is 6. The zero-order valence-corrected chi connectivity index (χ0v) is 20.7. The Bertz CT molecular complexity index is 1200. The molecule has 0 N–H and O–H groups in total. The van der Waals surface area contributed by atoms with Crippen molar-refractivity contribution in [2.24, 2.45) is 0 Å². The summed E-state index contributed by atoms with van der Waals surface area (Å²) in [5.74, 6) is 3.15. The Kier molecular flexibility index (Phi) is 7.23. The molecule has 0 spiro atoms. The van der Waals surface area contributed by atoms with Gasteiger partial charge >= 0.3 is 200 Å². The van der Waals surface area contributed by atoms with Gasteiger partial charge in [-0.15, -0.1) is 0 Å². The van der Waals surface area contributed by atoms with Gasteiger partial charge in [0.15, 0.2) is 0 Å². The molecule has 0 atom stereocenters. The zero-order chi connectivity index (χ0) is 23.2. The molecule has 0 amide bonds. The van der Waals surface area contributed by atoms with Gasteiger partial charge in [0.2, 0.25) is 0 Å². The van der Waals surface area contributed by atoms with Gasteiger partial charge in [0.1, 0.15) is 0 Å². The Morgan fingerprint density at radius 2 is 1.36 bits per heavy atom. The molecule has 1 aromatic heterocycles. The monoisotopic (exact) mass is 511 g/mol. The van der Waals surface area contributed by atoms with Gasteiger partial charge in [-0.1, -0.05) is 0 Å². The second-order valence-corrected chi connectivity index (χ2v) is 8.88. The van der Waals surface area contributed by atoms with Crippen molar-refractivity contribution in [2.75, 3.05) is 28.4 Å². The van der Waals surface area contributed by atoms with E-state index in [0.29, 0.717) is 35.4 Å². The predicted octanol–water partition coefficient (Wildman–Crippen LogP) is 5.09. The number of benzene rings is 3. The first-order valence-electron chi connectivity index (χ1n) is 10.3. The molecule has 4 aromatic rings. The molecule has 3 aromatic carbocycles. The summed E-state index contributed by atoms with van der Waals surface area (Å²) < 4.78 is 29.3. The van der Waals surface area contributed by atoms with Crippen LogP contribution in [0.5, 0.6) is 28.7 Å². The van der Waals surface area contributed by atoms with Gasteiger partial charge in [0.05, 0.1) is 0 Å². The first-order chi connectivity index (χ1) is 16.2. The van der Waals surface area contributed by atoms with E-state index in [1.165, 1.54) is 0 Å². The van der Waals surface area contributed by atoms with Crippen LogP contribution < -0.4 is 23.7 Å². The number of nitrogens with zero attached hydrogens (tertiary/aromatic N) is 1. The summed E-state index contributed by atoms with van der Waals surface area (Å²) in [5.41, 5.74) is 3.93. The van der Waals surface area contributed by atoms with Crippen LogP contribution in [0.2, 0.25) is 0 Å². The molecule has 0 bridgehead atoms. The molecule has 0 aliphatic rings. The van der Waals surface area contributed by atoms with Crippen LogP contribution in [0.25, 0.3) is 21.3 Å². The SMILES string of the molecule is COc1ccc(-c2nc[se]c2-c2cc(OC)c(OC)c(OC)c2)cc1OCc1ccccc1. The minimum absolute atomic E-state index is 0.0604. The van der Waals surface area contributed by atoms with E-state index in [9.17, 15) is 0 Å². The fraction of sp³-hybridized carbons (Fsp3) is 0.192. The Morgan fingerprint density at radius 3 is 2.00 bits per heavy atom. The molecule has 170 valence electrons. The molecular weight excluding hydrogens is 485 g/mol. The molecule has 0 unspecified atom stereocenters. The Hall–Kier alpha value is -3.41. The van der Waals surface area contributed by atoms with E-state index in [4.69, 9.17) is 28.7 Å². The van der Waals surface area contributed by atoms with E-state index in [1.807, 2.05) is 65.7 Å². The molecule has 33 heavy (non-hydrogen) atoms. The molecule has 0 aliphatic heterocycles. The topological polar surface area (TPSA) is 59.0 Å². The molecule has 0 radical (unpaired) electrons. The van der Waals surface area contributed by atoms with E-state index in [0.717, 1.165) is 26.8 Å². The first-order valence-corrected chi connectivity index (χ1v) is 12.1. The molecule has 7 heteroatoms. The average Bonchev–Trinajstić information content (AvgIpc) is 3.37. The van der Waals surface area contributed by atoms with Gasteiger partial charge in [-0.25, -0.2) is 0 Å². The van der Waals surface area contributed by atoms with Gasteiger partial charge in [-0.3, -0.25) is 0 Å². The Balaban J connectivity index is 1.72. The summed E-state index contributed by atoms with van der Waals surface area (Å²) in [4.78, 5) is 4.71. The fourth-order valence-corrected chi connectivity index (χ4v) is 5.22. The third-order valence-corrected chi connectivity index (χ3v) is 7.01. The van der Waals surface area contributed by atoms with Crippen molar-refractivity contribution in [2.45, 2.75) is 6.61 Å². The first kappa shape index (κ1) is 22.8. The third-order valence-electron chi connectivity index (χ3n) is 5.17. The summed E-state index contributed by atoms with van der Waals surface area (Å²) in [6, 6.07) is 19.9. The summed E-state index contributed by atoms with van der Waals surface area (Å²) in [5, 5.41) is 1.97. The Morgan fingerprint density at radius 1 is 0.697 bits per heavy atom. The van der Waals surface area contributed by atoms with Crippen LogP contribution >= 0.6 is 0 Å². The number of rotatable bonds is 9. The van der Waals surface area contributed by atoms with Gasteiger partial charge in [0, 0.05) is 0 Å². The van der Waals surface area contributed by atoms with Crippen molar-refractivity contribution in [3.8, 4) is 50.0 Å². The van der Waals surface area contributed by atoms with Crippen molar-refractivity contribution in [3.63, 3.8) is 0 Å². The second kappa shape index (κ2) is 10.5. The van der Waals surface area contributed by atoms with Gasteiger partial charge in [-0.05, 0) is 0 Å². The van der Waals surface area contributed by atoms with Gasteiger partial charge < -0.3 is 0 Å². The zero-order valence-electron chi connectivity index (χ0n) is 19.0. The van der Waals surface area contributed by atoms with Crippen LogP contribution in [0, 0.1) is 0 Å². The maximum atomic E-state index is 6.11. The molecule has 4 rings (SSSR count). The number of aromatic nitrogens is 1. The van der Waals surface area contributed by atoms with Crippen LogP contribution in [0.1, 0.15) is 5.56 Å². The normalized spacial score (nSPS) is 10.5. The van der Waals surface area contributed by atoms with Crippen molar-refractivity contribution >= 4 is 14.5 Å². The predicted molar refractivity (Wildman–Crippen MR) is 129 cm³/mol. The van der Waals surface area contributed by atoms with Crippen LogP contribution in [-0.4, -0.2) is 47.9 Å². The van der Waals surface area contributed by atoms with E-state index in [1.54, 1.807) is 28.4 Å². The van der Waals surface area contributed by atoms with Crippen LogP contribution in [-0.2, 0) is 6.61 Å². The molecular formula is C26H25NO5Se. The average molecular weight is 510 g/mol. The van der Waals surface area contributed by atoms with E-state index < -0.39 is 0 Å². The van der Waals surface area contributed by atoms with Gasteiger partial charge in [0.25, 0.3) is 0 Å². The van der Waals surface area contributed by atoms with E-state index >= 15 is 0 Å². The number of methoxy groups -OCH3 is 4. The van der Waals surface area contributed by atoms with Crippen molar-refractivity contribution < 1.29 is 23.7 Å². The molecule has 0 saturated heterocycles. The Labute approximate surface area is 199 Å². The van der Waals surface area contributed by atoms with Crippen LogP contribution in [0.4, 0.5) is 0 Å². The van der Waals surface area contributed by atoms with Gasteiger partial charge in [-0.2, -0.15) is 0 Å². The van der Waals surface area contributed by atoms with Crippen molar-refractivity contribution in [1.82, 2.24) is 4.98 Å². The quantitative estimate of drug-likeness (QED) is 0.293. The summed E-state index contributed by atoms with van der Waals surface area (Å²) in [6.45, 7) is 0.451. The van der Waals surface area contributed by atoms with Crippen LogP contribution in [0.3, 0.4) is 0 Å². The summed E-state index contributed by atoms with van der Waals surface area (Å²) in [7, 11) is 6.47. The maximum absolute atomic E-state index is 6.11. The fourth-order valence-electron chi connectivity index (χ4n) is 3.54. The van der Waals surface area contributed by atoms with Crippen molar-refractivity contribution in [3.05, 3.63) is 71.3 Å². The number of ether oxygens (including phenoxy) is 5. The molecule has 0 aliphatic carbocycles. The van der Waals surface area contributed by atoms with E-state index in [-0.39, 0.29) is 14.5 Å². The molecule has 1 heterocycles. The minimum atomic E-state index is 0.0604. The molecule has 0 fully saturated rings. The number of hydrogen-bond donors (Lipinski definition) is 0.